The molecule has 0 saturated carbocycles. The minimum atomic E-state index is -0.962. The van der Waals surface area contributed by atoms with Crippen LogP contribution in [-0.2, 0) is 19.1 Å². The van der Waals surface area contributed by atoms with Gasteiger partial charge in [0.1, 0.15) is 0 Å². The number of hydrogen-bond acceptors (Lipinski definition) is 4. The fraction of sp³-hybridized carbons (Fsp3) is 0.182. The molecule has 0 saturated heterocycles. The van der Waals surface area contributed by atoms with E-state index in [1.807, 2.05) is 0 Å². The number of nitrogens with one attached hydrogen (secondary N) is 2. The topological polar surface area (TPSA) is 84.5 Å². The van der Waals surface area contributed by atoms with Crippen LogP contribution < -0.4 is 10.6 Å². The van der Waals surface area contributed by atoms with Gasteiger partial charge in [-0.3, -0.25) is 9.59 Å². The highest BCUT2D eigenvalue weighted by molar-refractivity contribution is 6.37. The van der Waals surface area contributed by atoms with E-state index in [1.54, 1.807) is 24.3 Å². The number of rotatable bonds is 2. The zero-order chi connectivity index (χ0) is 12.8. The summed E-state index contributed by atoms with van der Waals surface area (Å²) in [7, 11) is 1.13. The summed E-state index contributed by atoms with van der Waals surface area (Å²) < 4.78 is 4.25. The van der Waals surface area contributed by atoms with Crippen LogP contribution in [0.1, 0.15) is 6.92 Å². The van der Waals surface area contributed by atoms with E-state index < -0.39 is 11.9 Å². The fourth-order valence-electron chi connectivity index (χ4n) is 1.11. The molecule has 2 N–H and O–H groups in total. The van der Waals surface area contributed by atoms with Crippen molar-refractivity contribution >= 4 is 29.2 Å². The normalized spacial score (nSPS) is 9.29. The van der Waals surface area contributed by atoms with Gasteiger partial charge in [-0.25, -0.2) is 4.79 Å². The van der Waals surface area contributed by atoms with Crippen molar-refractivity contribution in [1.82, 2.24) is 0 Å². The molecule has 90 valence electrons. The Labute approximate surface area is 98.0 Å². The molecule has 2 amide bonds. The van der Waals surface area contributed by atoms with Crippen LogP contribution in [0.2, 0.25) is 0 Å². The lowest BCUT2D eigenvalue weighted by Crippen LogP contribution is -2.23. The maximum absolute atomic E-state index is 11.2. The molecule has 0 fully saturated rings. The molecule has 17 heavy (non-hydrogen) atoms. The first-order chi connectivity index (χ1) is 8.02. The maximum atomic E-state index is 11.2. The number of amides is 2. The van der Waals surface area contributed by atoms with Gasteiger partial charge in [-0.15, -0.1) is 0 Å². The number of methoxy groups -OCH3 is 1. The molecule has 0 aliphatic carbocycles. The molecule has 1 aromatic rings. The summed E-state index contributed by atoms with van der Waals surface area (Å²) in [6.45, 7) is 1.40. The van der Waals surface area contributed by atoms with E-state index in [1.165, 1.54) is 6.92 Å². The first-order valence-electron chi connectivity index (χ1n) is 4.80. The van der Waals surface area contributed by atoms with Gasteiger partial charge in [-0.05, 0) is 24.3 Å². The summed E-state index contributed by atoms with van der Waals surface area (Å²) in [6.07, 6.45) is 0. The standard InChI is InChI=1S/C11H12N2O4/c1-7(14)12-8-3-5-9(6-4-8)13-10(15)11(16)17-2/h3-6H,1-2H3,(H,12,14)(H,13,15). The summed E-state index contributed by atoms with van der Waals surface area (Å²) in [4.78, 5) is 32.8. The summed E-state index contributed by atoms with van der Waals surface area (Å²) >= 11 is 0. The lowest BCUT2D eigenvalue weighted by molar-refractivity contribution is -0.150. The second-order valence-electron chi connectivity index (χ2n) is 3.20. The molecule has 0 heterocycles. The van der Waals surface area contributed by atoms with Crippen molar-refractivity contribution in [3.63, 3.8) is 0 Å². The molecule has 1 aromatic carbocycles. The van der Waals surface area contributed by atoms with Crippen LogP contribution >= 0.6 is 0 Å². The average molecular weight is 236 g/mol. The van der Waals surface area contributed by atoms with Crippen LogP contribution in [0.5, 0.6) is 0 Å². The van der Waals surface area contributed by atoms with Crippen LogP contribution in [0.3, 0.4) is 0 Å². The van der Waals surface area contributed by atoms with E-state index in [4.69, 9.17) is 0 Å². The van der Waals surface area contributed by atoms with E-state index in [9.17, 15) is 14.4 Å². The second-order valence-corrected chi connectivity index (χ2v) is 3.20. The molecule has 0 aromatic heterocycles. The van der Waals surface area contributed by atoms with Gasteiger partial charge in [-0.2, -0.15) is 0 Å². The summed E-state index contributed by atoms with van der Waals surface area (Å²) in [5.41, 5.74) is 1.04. The zero-order valence-corrected chi connectivity index (χ0v) is 9.44. The van der Waals surface area contributed by atoms with Crippen molar-refractivity contribution in [3.05, 3.63) is 24.3 Å². The predicted octanol–water partition coefficient (Wildman–Crippen LogP) is 0.756. The van der Waals surface area contributed by atoms with Crippen LogP contribution in [0, 0.1) is 0 Å². The monoisotopic (exact) mass is 236 g/mol. The van der Waals surface area contributed by atoms with Gasteiger partial charge >= 0.3 is 11.9 Å². The van der Waals surface area contributed by atoms with Crippen molar-refractivity contribution in [2.45, 2.75) is 6.92 Å². The molecular weight excluding hydrogens is 224 g/mol. The lowest BCUT2D eigenvalue weighted by atomic mass is 10.2. The number of esters is 1. The molecular formula is C11H12N2O4. The molecule has 0 spiro atoms. The minimum absolute atomic E-state index is 0.184. The highest BCUT2D eigenvalue weighted by atomic mass is 16.5. The Morgan fingerprint density at radius 2 is 1.47 bits per heavy atom. The molecule has 0 atom stereocenters. The lowest BCUT2D eigenvalue weighted by Gasteiger charge is -2.05. The molecule has 0 aliphatic rings. The minimum Gasteiger partial charge on any atom is -0.462 e. The third-order valence-corrected chi connectivity index (χ3v) is 1.83. The second kappa shape index (κ2) is 5.64. The first kappa shape index (κ1) is 12.7. The van der Waals surface area contributed by atoms with Crippen molar-refractivity contribution in [2.24, 2.45) is 0 Å². The molecule has 1 rings (SSSR count). The third kappa shape index (κ3) is 3.94. The van der Waals surface area contributed by atoms with Gasteiger partial charge in [0.05, 0.1) is 7.11 Å². The van der Waals surface area contributed by atoms with E-state index in [0.29, 0.717) is 11.4 Å². The Kier molecular flexibility index (Phi) is 4.21. The number of carbonyl (C=O) groups is 3. The van der Waals surface area contributed by atoms with Crippen LogP contribution in [-0.4, -0.2) is 24.9 Å². The van der Waals surface area contributed by atoms with Crippen LogP contribution in [0.25, 0.3) is 0 Å². The van der Waals surface area contributed by atoms with Gasteiger partial charge in [0.15, 0.2) is 0 Å². The third-order valence-electron chi connectivity index (χ3n) is 1.83. The van der Waals surface area contributed by atoms with Gasteiger partial charge in [-0.1, -0.05) is 0 Å². The van der Waals surface area contributed by atoms with Crippen LogP contribution in [0.15, 0.2) is 24.3 Å². The largest absolute Gasteiger partial charge is 0.462 e. The highest BCUT2D eigenvalue weighted by Crippen LogP contribution is 2.13. The number of ether oxygens (including phenoxy) is 1. The number of carbonyl (C=O) groups excluding carboxylic acids is 3. The van der Waals surface area contributed by atoms with Crippen molar-refractivity contribution < 1.29 is 19.1 Å². The average Bonchev–Trinajstić information content (AvgIpc) is 2.30. The van der Waals surface area contributed by atoms with Crippen LogP contribution in [0.4, 0.5) is 11.4 Å². The van der Waals surface area contributed by atoms with E-state index in [2.05, 4.69) is 15.4 Å². The zero-order valence-electron chi connectivity index (χ0n) is 9.44. The Hall–Kier alpha value is -2.37. The van der Waals surface area contributed by atoms with E-state index in [0.717, 1.165) is 7.11 Å². The van der Waals surface area contributed by atoms with Gasteiger partial charge in [0, 0.05) is 18.3 Å². The molecule has 0 unspecified atom stereocenters. The highest BCUT2D eigenvalue weighted by Gasteiger charge is 2.13. The fourth-order valence-corrected chi connectivity index (χ4v) is 1.11. The van der Waals surface area contributed by atoms with E-state index in [-0.39, 0.29) is 5.91 Å². The Balaban J connectivity index is 2.65. The molecule has 0 aliphatic heterocycles. The maximum Gasteiger partial charge on any atom is 0.396 e. The van der Waals surface area contributed by atoms with Gasteiger partial charge in [0.25, 0.3) is 0 Å². The van der Waals surface area contributed by atoms with Crippen molar-refractivity contribution in [1.29, 1.82) is 0 Å². The van der Waals surface area contributed by atoms with E-state index >= 15 is 0 Å². The molecule has 0 bridgehead atoms. The number of anilines is 2. The smallest absolute Gasteiger partial charge is 0.396 e. The predicted molar refractivity (Wildman–Crippen MR) is 61.4 cm³/mol. The molecule has 6 heteroatoms. The quantitative estimate of drug-likeness (QED) is 0.586. The molecule has 6 nitrogen and oxygen atoms in total. The summed E-state index contributed by atoms with van der Waals surface area (Å²) in [5.74, 6) is -1.99. The number of benzene rings is 1. The van der Waals surface area contributed by atoms with Crippen molar-refractivity contribution in [2.75, 3.05) is 17.7 Å². The number of hydrogen-bond donors (Lipinski definition) is 2. The SMILES string of the molecule is COC(=O)C(=O)Nc1ccc(NC(C)=O)cc1. The Morgan fingerprint density at radius 3 is 1.88 bits per heavy atom. The molecule has 0 radical (unpaired) electrons. The van der Waals surface area contributed by atoms with Crippen molar-refractivity contribution in [3.8, 4) is 0 Å². The Morgan fingerprint density at radius 1 is 1.00 bits per heavy atom. The van der Waals surface area contributed by atoms with Gasteiger partial charge < -0.3 is 15.4 Å². The van der Waals surface area contributed by atoms with Gasteiger partial charge in [0.2, 0.25) is 5.91 Å². The Bertz CT molecular complexity index is 439. The summed E-state index contributed by atoms with van der Waals surface area (Å²) in [6, 6.07) is 6.33. The first-order valence-corrected chi connectivity index (χ1v) is 4.80. The summed E-state index contributed by atoms with van der Waals surface area (Å²) in [5, 5.41) is 4.92.